The zero-order chi connectivity index (χ0) is 18.5. The Hall–Kier alpha value is -1.63. The summed E-state index contributed by atoms with van der Waals surface area (Å²) in [5.74, 6) is 0.370. The fraction of sp³-hybridized carbons (Fsp3) is 0.400. The number of halogens is 2. The molecule has 3 aromatic rings. The molecule has 0 spiro atoms. The van der Waals surface area contributed by atoms with Gasteiger partial charge in [0, 0.05) is 34.1 Å². The van der Waals surface area contributed by atoms with Crippen molar-refractivity contribution < 1.29 is 13.9 Å². The lowest BCUT2D eigenvalue weighted by molar-refractivity contribution is 0.0310. The Kier molecular flexibility index (Phi) is 4.45. The largest absolute Gasteiger partial charge is 0.389 e. The molecule has 1 aliphatic rings. The number of aromatic nitrogens is 1. The topological polar surface area (TPSA) is 28.4 Å². The number of fused-ring (bicyclic) bond motifs is 3. The molecular weight excluding hydrogens is 354 g/mol. The summed E-state index contributed by atoms with van der Waals surface area (Å²) in [5, 5.41) is 12.3. The van der Waals surface area contributed by atoms with E-state index >= 15 is 0 Å². The van der Waals surface area contributed by atoms with Gasteiger partial charge in [0.25, 0.3) is 0 Å². The van der Waals surface area contributed by atoms with Crippen molar-refractivity contribution in [3.63, 3.8) is 0 Å². The predicted octanol–water partition coefficient (Wildman–Crippen LogP) is 4.57. The van der Waals surface area contributed by atoms with Crippen molar-refractivity contribution in [2.24, 2.45) is 0 Å². The summed E-state index contributed by atoms with van der Waals surface area (Å²) < 4.78 is 31.7. The summed E-state index contributed by atoms with van der Waals surface area (Å²) in [7, 11) is 0. The number of nitrogens with zero attached hydrogens (tertiary/aromatic N) is 2. The second-order valence-corrected chi connectivity index (χ2v) is 8.50. The van der Waals surface area contributed by atoms with Crippen LogP contribution in [0.15, 0.2) is 36.4 Å². The molecule has 1 atom stereocenters. The van der Waals surface area contributed by atoms with Crippen molar-refractivity contribution in [2.45, 2.75) is 38.5 Å². The molecule has 6 heteroatoms. The van der Waals surface area contributed by atoms with Gasteiger partial charge in [0.05, 0.1) is 18.2 Å². The van der Waals surface area contributed by atoms with Gasteiger partial charge < -0.3 is 9.67 Å². The molecule has 0 bridgehead atoms. The van der Waals surface area contributed by atoms with Crippen LogP contribution in [0.2, 0.25) is 0 Å². The van der Waals surface area contributed by atoms with E-state index in [0.717, 1.165) is 29.8 Å². The average Bonchev–Trinajstić information content (AvgIpc) is 3.23. The Morgan fingerprint density at radius 3 is 2.15 bits per heavy atom. The van der Waals surface area contributed by atoms with Gasteiger partial charge in [0.1, 0.15) is 11.6 Å². The molecule has 1 aliphatic heterocycles. The number of rotatable bonds is 4. The van der Waals surface area contributed by atoms with Crippen LogP contribution in [0.5, 0.6) is 0 Å². The van der Waals surface area contributed by atoms with Crippen LogP contribution in [0.1, 0.15) is 20.3 Å². The minimum atomic E-state index is -0.623. The predicted molar refractivity (Wildman–Crippen MR) is 103 cm³/mol. The van der Waals surface area contributed by atoms with Crippen LogP contribution in [0.4, 0.5) is 8.78 Å². The molecule has 3 nitrogen and oxygen atoms in total. The minimum Gasteiger partial charge on any atom is -0.389 e. The zero-order valence-electron chi connectivity index (χ0n) is 14.9. The van der Waals surface area contributed by atoms with E-state index in [0.29, 0.717) is 17.3 Å². The molecule has 0 radical (unpaired) electrons. The van der Waals surface area contributed by atoms with Crippen molar-refractivity contribution in [1.82, 2.24) is 8.87 Å². The lowest BCUT2D eigenvalue weighted by Crippen LogP contribution is -2.49. The average molecular weight is 376 g/mol. The molecule has 2 aromatic carbocycles. The van der Waals surface area contributed by atoms with Crippen LogP contribution in [0.3, 0.4) is 0 Å². The van der Waals surface area contributed by atoms with Crippen LogP contribution in [-0.2, 0) is 6.54 Å². The van der Waals surface area contributed by atoms with Gasteiger partial charge in [-0.15, -0.1) is 0 Å². The van der Waals surface area contributed by atoms with Gasteiger partial charge in [-0.3, -0.25) is 0 Å². The molecule has 1 fully saturated rings. The first-order chi connectivity index (χ1) is 12.4. The first-order valence-electron chi connectivity index (χ1n) is 8.83. The van der Waals surface area contributed by atoms with Gasteiger partial charge in [0.15, 0.2) is 0 Å². The molecular formula is C20H22F2N2OS. The van der Waals surface area contributed by atoms with Crippen LogP contribution < -0.4 is 0 Å². The Labute approximate surface area is 155 Å². The first-order valence-corrected chi connectivity index (χ1v) is 9.78. The van der Waals surface area contributed by atoms with Gasteiger partial charge in [-0.2, -0.15) is 0 Å². The summed E-state index contributed by atoms with van der Waals surface area (Å²) in [4.78, 5) is 0. The molecule has 2 heterocycles. The van der Waals surface area contributed by atoms with Gasteiger partial charge >= 0.3 is 0 Å². The third kappa shape index (κ3) is 2.90. The third-order valence-electron chi connectivity index (χ3n) is 5.36. The van der Waals surface area contributed by atoms with E-state index in [2.05, 4.69) is 4.31 Å². The standard InChI is InChI=1S/C20H22F2N2OS/c1-20(2,24-8-3-9-26-24)19(25)12-23-17-6-4-13(21)10-15(17)16-11-14(22)5-7-18(16)23/h4-7,10-11,19,25H,3,8-9,12H2,1-2H3. The number of benzene rings is 2. The zero-order valence-corrected chi connectivity index (χ0v) is 15.7. The molecule has 0 aliphatic carbocycles. The number of aliphatic hydroxyl groups is 1. The third-order valence-corrected chi connectivity index (χ3v) is 6.79. The second-order valence-electron chi connectivity index (χ2n) is 7.39. The molecule has 1 saturated heterocycles. The van der Waals surface area contributed by atoms with E-state index in [1.165, 1.54) is 24.3 Å². The highest BCUT2D eigenvalue weighted by Crippen LogP contribution is 2.35. The fourth-order valence-electron chi connectivity index (χ4n) is 3.71. The molecule has 4 rings (SSSR count). The normalized spacial score (nSPS) is 17.4. The Morgan fingerprint density at radius 1 is 1.08 bits per heavy atom. The van der Waals surface area contributed by atoms with Gasteiger partial charge in [-0.25, -0.2) is 13.1 Å². The van der Waals surface area contributed by atoms with Crippen LogP contribution in [0, 0.1) is 11.6 Å². The molecule has 26 heavy (non-hydrogen) atoms. The van der Waals surface area contributed by atoms with Crippen molar-refractivity contribution in [3.8, 4) is 0 Å². The molecule has 0 amide bonds. The maximum absolute atomic E-state index is 13.8. The Bertz CT molecular complexity index is 904. The summed E-state index contributed by atoms with van der Waals surface area (Å²) >= 11 is 1.77. The molecule has 1 N–H and O–H groups in total. The van der Waals surface area contributed by atoms with Crippen molar-refractivity contribution in [1.29, 1.82) is 0 Å². The lowest BCUT2D eigenvalue weighted by Gasteiger charge is -2.38. The molecule has 138 valence electrons. The number of hydrogen-bond acceptors (Lipinski definition) is 3. The number of hydrogen-bond donors (Lipinski definition) is 1. The van der Waals surface area contributed by atoms with Crippen molar-refractivity contribution in [3.05, 3.63) is 48.0 Å². The summed E-state index contributed by atoms with van der Waals surface area (Å²) in [6.07, 6.45) is 0.497. The van der Waals surface area contributed by atoms with Gasteiger partial charge in [0.2, 0.25) is 0 Å². The van der Waals surface area contributed by atoms with Gasteiger partial charge in [-0.05, 0) is 56.7 Å². The van der Waals surface area contributed by atoms with E-state index in [9.17, 15) is 13.9 Å². The highest BCUT2D eigenvalue weighted by atomic mass is 32.2. The monoisotopic (exact) mass is 376 g/mol. The van der Waals surface area contributed by atoms with E-state index in [1.54, 1.807) is 24.1 Å². The van der Waals surface area contributed by atoms with Crippen LogP contribution >= 0.6 is 11.9 Å². The first kappa shape index (κ1) is 17.8. The van der Waals surface area contributed by atoms with E-state index in [1.807, 2.05) is 18.4 Å². The highest BCUT2D eigenvalue weighted by molar-refractivity contribution is 7.97. The summed E-state index contributed by atoms with van der Waals surface area (Å²) in [6.45, 7) is 5.41. The smallest absolute Gasteiger partial charge is 0.123 e. The Balaban J connectivity index is 1.80. The van der Waals surface area contributed by atoms with Crippen molar-refractivity contribution >= 4 is 33.8 Å². The lowest BCUT2D eigenvalue weighted by atomic mass is 9.96. The molecule has 0 saturated carbocycles. The SMILES string of the molecule is CC(C)(C(O)Cn1c2ccc(F)cc2c2cc(F)ccc21)N1CCCS1. The minimum absolute atomic E-state index is 0.352. The van der Waals surface area contributed by atoms with Crippen molar-refractivity contribution in [2.75, 3.05) is 12.3 Å². The van der Waals surface area contributed by atoms with E-state index in [-0.39, 0.29) is 11.6 Å². The summed E-state index contributed by atoms with van der Waals surface area (Å²) in [5.41, 5.74) is 1.20. The molecule has 1 unspecified atom stereocenters. The van der Waals surface area contributed by atoms with E-state index in [4.69, 9.17) is 0 Å². The van der Waals surface area contributed by atoms with Crippen LogP contribution in [-0.4, -0.2) is 37.9 Å². The number of aliphatic hydroxyl groups excluding tert-OH is 1. The highest BCUT2D eigenvalue weighted by Gasteiger charge is 2.37. The van der Waals surface area contributed by atoms with Crippen LogP contribution in [0.25, 0.3) is 21.8 Å². The maximum Gasteiger partial charge on any atom is 0.123 e. The maximum atomic E-state index is 13.8. The van der Waals surface area contributed by atoms with Gasteiger partial charge in [-0.1, -0.05) is 11.9 Å². The molecule has 1 aromatic heterocycles. The quantitative estimate of drug-likeness (QED) is 0.677. The fourth-order valence-corrected chi connectivity index (χ4v) is 4.90. The Morgan fingerprint density at radius 2 is 1.65 bits per heavy atom. The summed E-state index contributed by atoms with van der Waals surface area (Å²) in [6, 6.07) is 9.08. The second kappa shape index (κ2) is 6.51. The van der Waals surface area contributed by atoms with E-state index < -0.39 is 11.6 Å².